The quantitative estimate of drug-likeness (QED) is 0.460. The van der Waals surface area contributed by atoms with Gasteiger partial charge in [-0.15, -0.1) is 0 Å². The van der Waals surface area contributed by atoms with Crippen molar-refractivity contribution in [1.29, 1.82) is 0 Å². The van der Waals surface area contributed by atoms with Gasteiger partial charge in [0.05, 0.1) is 0 Å². The van der Waals surface area contributed by atoms with Gasteiger partial charge in [-0.3, -0.25) is 0 Å². The van der Waals surface area contributed by atoms with Gasteiger partial charge in [-0.05, 0) is 0 Å². The fourth-order valence-corrected chi connectivity index (χ4v) is 0. The summed E-state index contributed by atoms with van der Waals surface area (Å²) in [4.78, 5) is 0. The lowest BCUT2D eigenvalue weighted by atomic mass is 11.0. The lowest BCUT2D eigenvalue weighted by Gasteiger charge is -1.61. The molecule has 0 heterocycles. The summed E-state index contributed by atoms with van der Waals surface area (Å²) >= 11 is 0. The fraction of sp³-hybridized carbons (Fsp3) is 1.00. The number of rotatable bonds is 0. The highest BCUT2D eigenvalue weighted by Crippen LogP contribution is 1.28. The molecule has 0 fully saturated rings. The predicted octanol–water partition coefficient (Wildman–Crippen LogP) is 2.32. The van der Waals surface area contributed by atoms with Crippen LogP contribution in [0.3, 0.4) is 0 Å². The van der Waals surface area contributed by atoms with Gasteiger partial charge in [0.25, 0.3) is 0 Å². The van der Waals surface area contributed by atoms with Crippen molar-refractivity contribution in [2.45, 2.75) is 27.7 Å². The molecule has 0 aliphatic carbocycles. The SMILES string of the molecule is CC.CC.COC. The minimum atomic E-state index is 1.62. The Morgan fingerprint density at radius 3 is 0.714 bits per heavy atom. The molecule has 7 heavy (non-hydrogen) atoms. The lowest BCUT2D eigenvalue weighted by Crippen LogP contribution is -1.55. The first-order valence-electron chi connectivity index (χ1n) is 2.82. The Morgan fingerprint density at radius 2 is 0.714 bits per heavy atom. The van der Waals surface area contributed by atoms with Crippen molar-refractivity contribution < 1.29 is 4.74 Å². The van der Waals surface area contributed by atoms with Crippen LogP contribution in [-0.2, 0) is 4.74 Å². The Kier molecular flexibility index (Phi) is 358. The van der Waals surface area contributed by atoms with E-state index in [0.717, 1.165) is 0 Å². The maximum atomic E-state index is 4.25. The summed E-state index contributed by atoms with van der Waals surface area (Å²) in [7, 11) is 3.25. The van der Waals surface area contributed by atoms with Crippen LogP contribution in [0.15, 0.2) is 0 Å². The van der Waals surface area contributed by atoms with Gasteiger partial charge in [0.2, 0.25) is 0 Å². The maximum Gasteiger partial charge on any atom is 0.0351 e. The molecule has 1 nitrogen and oxygen atoms in total. The van der Waals surface area contributed by atoms with Gasteiger partial charge in [-0.1, -0.05) is 27.7 Å². The summed E-state index contributed by atoms with van der Waals surface area (Å²) in [5.74, 6) is 0. The van der Waals surface area contributed by atoms with Gasteiger partial charge < -0.3 is 4.74 Å². The van der Waals surface area contributed by atoms with E-state index in [-0.39, 0.29) is 0 Å². The first-order chi connectivity index (χ1) is 3.41. The van der Waals surface area contributed by atoms with Gasteiger partial charge in [0.15, 0.2) is 0 Å². The van der Waals surface area contributed by atoms with Crippen LogP contribution in [0.2, 0.25) is 0 Å². The van der Waals surface area contributed by atoms with Crippen molar-refractivity contribution in [3.05, 3.63) is 0 Å². The molecule has 0 radical (unpaired) electrons. The van der Waals surface area contributed by atoms with Crippen molar-refractivity contribution in [1.82, 2.24) is 0 Å². The Hall–Kier alpha value is -0.0400. The summed E-state index contributed by atoms with van der Waals surface area (Å²) in [6.07, 6.45) is 0. The Balaban J connectivity index is -0.0000000360. The molecular formula is C6H18O. The summed E-state index contributed by atoms with van der Waals surface area (Å²) in [6.45, 7) is 8.00. The normalized spacial score (nSPS) is 4.29. The van der Waals surface area contributed by atoms with Crippen LogP contribution in [0.1, 0.15) is 27.7 Å². The first kappa shape index (κ1) is 15.8. The molecule has 0 bridgehead atoms. The van der Waals surface area contributed by atoms with Crippen LogP contribution in [0.25, 0.3) is 0 Å². The molecule has 0 aliphatic rings. The van der Waals surface area contributed by atoms with E-state index in [4.69, 9.17) is 0 Å². The Morgan fingerprint density at radius 1 is 0.714 bits per heavy atom. The summed E-state index contributed by atoms with van der Waals surface area (Å²) in [5, 5.41) is 0. The second-order valence-corrected chi connectivity index (χ2v) is 0.408. The third kappa shape index (κ3) is 58400. The maximum absolute atomic E-state index is 4.25. The average Bonchev–Trinajstić information content (AvgIpc) is 1.78. The second-order valence-electron chi connectivity index (χ2n) is 0.408. The molecule has 0 N–H and O–H groups in total. The summed E-state index contributed by atoms with van der Waals surface area (Å²) in [6, 6.07) is 0. The van der Waals surface area contributed by atoms with Gasteiger partial charge in [-0.25, -0.2) is 0 Å². The van der Waals surface area contributed by atoms with Crippen molar-refractivity contribution in [2.75, 3.05) is 14.2 Å². The van der Waals surface area contributed by atoms with Crippen molar-refractivity contribution in [3.63, 3.8) is 0 Å². The molecule has 0 aromatic carbocycles. The van der Waals surface area contributed by atoms with E-state index in [9.17, 15) is 0 Å². The highest BCUT2D eigenvalue weighted by Gasteiger charge is 1.25. The van der Waals surface area contributed by atoms with Gasteiger partial charge in [0, 0.05) is 14.2 Å². The number of methoxy groups -OCH3 is 1. The third-order valence-corrected chi connectivity index (χ3v) is 0. The zero-order chi connectivity index (χ0) is 6.71. The summed E-state index contributed by atoms with van der Waals surface area (Å²) < 4.78 is 4.25. The molecule has 0 aromatic heterocycles. The lowest BCUT2D eigenvalue weighted by molar-refractivity contribution is 0.277. The van der Waals surface area contributed by atoms with Gasteiger partial charge in [0.1, 0.15) is 0 Å². The zero-order valence-corrected chi connectivity index (χ0v) is 6.41. The molecule has 0 amide bonds. The average molecular weight is 106 g/mol. The van der Waals surface area contributed by atoms with E-state index in [1.807, 2.05) is 27.7 Å². The molecule has 0 aromatic rings. The van der Waals surface area contributed by atoms with E-state index >= 15 is 0 Å². The molecule has 48 valence electrons. The van der Waals surface area contributed by atoms with Crippen molar-refractivity contribution in [3.8, 4) is 0 Å². The molecule has 0 rings (SSSR count). The van der Waals surface area contributed by atoms with Gasteiger partial charge >= 0.3 is 0 Å². The Labute approximate surface area is 47.7 Å². The van der Waals surface area contributed by atoms with Crippen LogP contribution in [0, 0.1) is 0 Å². The molecule has 0 unspecified atom stereocenters. The van der Waals surface area contributed by atoms with Crippen LogP contribution >= 0.6 is 0 Å². The monoisotopic (exact) mass is 106 g/mol. The topological polar surface area (TPSA) is 9.23 Å². The number of hydrogen-bond donors (Lipinski definition) is 0. The number of hydrogen-bond acceptors (Lipinski definition) is 1. The van der Waals surface area contributed by atoms with E-state index in [2.05, 4.69) is 4.74 Å². The molecule has 0 aliphatic heterocycles. The molecule has 1 heteroatoms. The molecule has 0 atom stereocenters. The summed E-state index contributed by atoms with van der Waals surface area (Å²) in [5.41, 5.74) is 0. The standard InChI is InChI=1S/C2H6O.2C2H6/c1-3-2;2*1-2/h1-2H3;2*1-2H3. The third-order valence-electron chi connectivity index (χ3n) is 0. The van der Waals surface area contributed by atoms with Crippen molar-refractivity contribution >= 4 is 0 Å². The van der Waals surface area contributed by atoms with Crippen LogP contribution in [0.4, 0.5) is 0 Å². The van der Waals surface area contributed by atoms with Crippen LogP contribution in [0.5, 0.6) is 0 Å². The van der Waals surface area contributed by atoms with E-state index in [0.29, 0.717) is 0 Å². The smallest absolute Gasteiger partial charge is 0.0351 e. The highest BCUT2D eigenvalue weighted by atomic mass is 16.4. The van der Waals surface area contributed by atoms with E-state index in [1.54, 1.807) is 14.2 Å². The molecule has 0 spiro atoms. The predicted molar refractivity (Wildman–Crippen MR) is 35.6 cm³/mol. The van der Waals surface area contributed by atoms with Crippen molar-refractivity contribution in [2.24, 2.45) is 0 Å². The van der Waals surface area contributed by atoms with E-state index in [1.165, 1.54) is 0 Å². The Bertz CT molecular complexity index is 4.14. The fourth-order valence-electron chi connectivity index (χ4n) is 0. The second kappa shape index (κ2) is 159. The number of ether oxygens (including phenoxy) is 1. The minimum absolute atomic E-state index is 1.62. The molecule has 0 saturated carbocycles. The molecular weight excluding hydrogens is 88.1 g/mol. The van der Waals surface area contributed by atoms with E-state index < -0.39 is 0 Å². The van der Waals surface area contributed by atoms with Crippen LogP contribution in [-0.4, -0.2) is 14.2 Å². The zero-order valence-electron chi connectivity index (χ0n) is 6.41. The minimum Gasteiger partial charge on any atom is -0.388 e. The highest BCUT2D eigenvalue weighted by molar-refractivity contribution is 3.56. The largest absolute Gasteiger partial charge is 0.388 e. The first-order valence-corrected chi connectivity index (χ1v) is 2.82. The van der Waals surface area contributed by atoms with Gasteiger partial charge in [-0.2, -0.15) is 0 Å². The van der Waals surface area contributed by atoms with Crippen LogP contribution < -0.4 is 0 Å². The molecule has 0 saturated heterocycles.